The number of nitrogens with zero attached hydrogens (tertiary/aromatic N) is 2. The predicted octanol–water partition coefficient (Wildman–Crippen LogP) is 5.06. The van der Waals surface area contributed by atoms with Gasteiger partial charge in [0.15, 0.2) is 17.2 Å². The molecule has 222 valence electrons. The topological polar surface area (TPSA) is 138 Å². The lowest BCUT2D eigenvalue weighted by Gasteiger charge is -2.21. The first-order valence-electron chi connectivity index (χ1n) is 13.0. The number of aromatic nitrogens is 2. The van der Waals surface area contributed by atoms with E-state index in [0.29, 0.717) is 32.8 Å². The van der Waals surface area contributed by atoms with E-state index in [1.165, 1.54) is 44.0 Å². The van der Waals surface area contributed by atoms with Gasteiger partial charge in [-0.25, -0.2) is 14.8 Å². The standard InChI is InChI=1S/C28H36N4O7S2/c1-9-39-28(35)18-13-41-27(30-18)22(15(4)5)32-25(34)17-12-40-26(29-17)21(14(2)3)31-24(33)16-10-19(36-6)23(38-8)20(11-16)37-7/h10-15,21-22H,9H2,1-8H3,(H,31,33)(H,32,34)/t21-,22-/m0/s1. The molecule has 2 N–H and O–H groups in total. The van der Waals surface area contributed by atoms with E-state index in [1.54, 1.807) is 29.8 Å². The number of carbonyl (C=O) groups is 3. The van der Waals surface area contributed by atoms with Crippen LogP contribution in [0.3, 0.4) is 0 Å². The summed E-state index contributed by atoms with van der Waals surface area (Å²) >= 11 is 2.57. The van der Waals surface area contributed by atoms with Crippen LogP contribution < -0.4 is 24.8 Å². The SMILES string of the molecule is CCOC(=O)c1csc([C@@H](NC(=O)c2csc([C@@H](NC(=O)c3cc(OC)c(OC)c(OC)c3)C(C)C)n2)C(C)C)n1. The maximum Gasteiger partial charge on any atom is 0.357 e. The van der Waals surface area contributed by atoms with Crippen molar-refractivity contribution in [2.24, 2.45) is 11.8 Å². The van der Waals surface area contributed by atoms with Gasteiger partial charge in [-0.1, -0.05) is 27.7 Å². The van der Waals surface area contributed by atoms with E-state index in [4.69, 9.17) is 18.9 Å². The van der Waals surface area contributed by atoms with E-state index in [9.17, 15) is 14.4 Å². The summed E-state index contributed by atoms with van der Waals surface area (Å²) in [5, 5.41) is 10.5. The Morgan fingerprint density at radius 3 is 1.73 bits per heavy atom. The Bertz CT molecular complexity index is 1340. The number of hydrogen-bond acceptors (Lipinski definition) is 11. The molecule has 11 nitrogen and oxygen atoms in total. The zero-order valence-corrected chi connectivity index (χ0v) is 26.0. The van der Waals surface area contributed by atoms with Gasteiger partial charge in [-0.2, -0.15) is 0 Å². The van der Waals surface area contributed by atoms with E-state index in [-0.39, 0.29) is 41.6 Å². The quantitative estimate of drug-likeness (QED) is 0.257. The molecule has 0 unspecified atom stereocenters. The number of carbonyl (C=O) groups excluding carboxylic acids is 3. The van der Waals surface area contributed by atoms with Crippen LogP contribution in [0.5, 0.6) is 17.2 Å². The minimum atomic E-state index is -0.499. The van der Waals surface area contributed by atoms with E-state index in [1.807, 2.05) is 27.7 Å². The minimum absolute atomic E-state index is 0.000526. The molecular weight excluding hydrogens is 568 g/mol. The first-order valence-corrected chi connectivity index (χ1v) is 14.8. The lowest BCUT2D eigenvalue weighted by atomic mass is 10.0. The van der Waals surface area contributed by atoms with Gasteiger partial charge in [0, 0.05) is 16.3 Å². The predicted molar refractivity (Wildman–Crippen MR) is 156 cm³/mol. The third kappa shape index (κ3) is 7.53. The van der Waals surface area contributed by atoms with Gasteiger partial charge in [0.25, 0.3) is 11.8 Å². The molecule has 2 amide bonds. The maximum absolute atomic E-state index is 13.3. The van der Waals surface area contributed by atoms with Crippen LogP contribution in [0, 0.1) is 11.8 Å². The van der Waals surface area contributed by atoms with Crippen molar-refractivity contribution < 1.29 is 33.3 Å². The molecule has 2 aromatic heterocycles. The molecule has 0 aliphatic carbocycles. The molecule has 0 aliphatic rings. The highest BCUT2D eigenvalue weighted by Crippen LogP contribution is 2.38. The highest BCUT2D eigenvalue weighted by atomic mass is 32.1. The van der Waals surface area contributed by atoms with Crippen LogP contribution in [-0.4, -0.2) is 55.7 Å². The number of hydrogen-bond donors (Lipinski definition) is 2. The van der Waals surface area contributed by atoms with Crippen LogP contribution in [0.2, 0.25) is 0 Å². The zero-order chi connectivity index (χ0) is 30.3. The van der Waals surface area contributed by atoms with Gasteiger partial charge < -0.3 is 29.6 Å². The van der Waals surface area contributed by atoms with Crippen molar-refractivity contribution in [3.63, 3.8) is 0 Å². The highest BCUT2D eigenvalue weighted by Gasteiger charge is 2.28. The normalized spacial score (nSPS) is 12.5. The van der Waals surface area contributed by atoms with Crippen molar-refractivity contribution in [3.8, 4) is 17.2 Å². The van der Waals surface area contributed by atoms with Crippen LogP contribution >= 0.6 is 22.7 Å². The molecule has 0 bridgehead atoms. The fourth-order valence-corrected chi connectivity index (χ4v) is 5.97. The summed E-state index contributed by atoms with van der Waals surface area (Å²) < 4.78 is 21.1. The second-order valence-electron chi connectivity index (χ2n) is 9.67. The molecule has 0 aliphatic heterocycles. The number of amides is 2. The average molecular weight is 605 g/mol. The molecule has 2 heterocycles. The van der Waals surface area contributed by atoms with Gasteiger partial charge in [0.05, 0.1) is 40.0 Å². The molecule has 0 fully saturated rings. The Morgan fingerprint density at radius 2 is 1.27 bits per heavy atom. The Labute approximate surface area is 247 Å². The summed E-state index contributed by atoms with van der Waals surface area (Å²) in [6.07, 6.45) is 0. The number of thiazole rings is 2. The average Bonchev–Trinajstić information content (AvgIpc) is 3.64. The summed E-state index contributed by atoms with van der Waals surface area (Å²) in [4.78, 5) is 47.5. The number of esters is 1. The third-order valence-electron chi connectivity index (χ3n) is 6.13. The molecule has 0 saturated carbocycles. The monoisotopic (exact) mass is 604 g/mol. The highest BCUT2D eigenvalue weighted by molar-refractivity contribution is 7.10. The van der Waals surface area contributed by atoms with Crippen LogP contribution in [-0.2, 0) is 4.74 Å². The van der Waals surface area contributed by atoms with Gasteiger partial charge in [-0.05, 0) is 30.9 Å². The maximum atomic E-state index is 13.3. The van der Waals surface area contributed by atoms with Crippen molar-refractivity contribution in [3.05, 3.63) is 49.9 Å². The molecule has 0 saturated heterocycles. The smallest absolute Gasteiger partial charge is 0.357 e. The lowest BCUT2D eigenvalue weighted by Crippen LogP contribution is -2.33. The summed E-state index contributed by atoms with van der Waals surface area (Å²) in [7, 11) is 4.46. The van der Waals surface area contributed by atoms with Crippen molar-refractivity contribution >= 4 is 40.5 Å². The summed E-state index contributed by atoms with van der Waals surface area (Å²) in [6, 6.07) is 2.27. The fourth-order valence-electron chi connectivity index (χ4n) is 3.94. The molecular formula is C28H36N4O7S2. The van der Waals surface area contributed by atoms with Gasteiger partial charge in [0.1, 0.15) is 15.7 Å². The van der Waals surface area contributed by atoms with Gasteiger partial charge in [0.2, 0.25) is 5.75 Å². The number of rotatable bonds is 13. The van der Waals surface area contributed by atoms with Crippen LogP contribution in [0.15, 0.2) is 22.9 Å². The van der Waals surface area contributed by atoms with Crippen molar-refractivity contribution in [1.82, 2.24) is 20.6 Å². The zero-order valence-electron chi connectivity index (χ0n) is 24.4. The van der Waals surface area contributed by atoms with Crippen LogP contribution in [0.1, 0.15) is 88.1 Å². The lowest BCUT2D eigenvalue weighted by molar-refractivity contribution is 0.0520. The second kappa shape index (κ2) is 14.3. The third-order valence-corrected chi connectivity index (χ3v) is 7.98. The molecule has 3 aromatic rings. The van der Waals surface area contributed by atoms with Gasteiger partial charge in [-0.15, -0.1) is 22.7 Å². The molecule has 0 spiro atoms. The van der Waals surface area contributed by atoms with E-state index in [0.717, 1.165) is 0 Å². The Hall–Kier alpha value is -3.71. The molecule has 0 radical (unpaired) electrons. The number of nitrogens with one attached hydrogen (secondary N) is 2. The summed E-state index contributed by atoms with van der Waals surface area (Å²) in [5.74, 6) is -0.148. The van der Waals surface area contributed by atoms with E-state index in [2.05, 4.69) is 20.6 Å². The Balaban J connectivity index is 1.79. The first kappa shape index (κ1) is 31.8. The molecule has 13 heteroatoms. The number of ether oxygens (including phenoxy) is 4. The molecule has 1 aromatic carbocycles. The Morgan fingerprint density at radius 1 is 0.780 bits per heavy atom. The molecule has 2 atom stereocenters. The number of methoxy groups -OCH3 is 3. The Kier molecular flexibility index (Phi) is 11.1. The van der Waals surface area contributed by atoms with E-state index < -0.39 is 18.1 Å². The largest absolute Gasteiger partial charge is 0.493 e. The molecule has 41 heavy (non-hydrogen) atoms. The summed E-state index contributed by atoms with van der Waals surface area (Å²) in [5.41, 5.74) is 0.765. The van der Waals surface area contributed by atoms with Gasteiger partial charge in [-0.3, -0.25) is 9.59 Å². The van der Waals surface area contributed by atoms with Crippen molar-refractivity contribution in [1.29, 1.82) is 0 Å². The molecule has 3 rings (SSSR count). The van der Waals surface area contributed by atoms with Crippen LogP contribution in [0.4, 0.5) is 0 Å². The van der Waals surface area contributed by atoms with Crippen molar-refractivity contribution in [2.75, 3.05) is 27.9 Å². The van der Waals surface area contributed by atoms with Crippen LogP contribution in [0.25, 0.3) is 0 Å². The second-order valence-corrected chi connectivity index (χ2v) is 11.4. The van der Waals surface area contributed by atoms with E-state index >= 15 is 0 Å². The fraction of sp³-hybridized carbons (Fsp3) is 0.464. The first-order chi connectivity index (χ1) is 19.5. The summed E-state index contributed by atoms with van der Waals surface area (Å²) in [6.45, 7) is 9.81. The van der Waals surface area contributed by atoms with Gasteiger partial charge >= 0.3 is 5.97 Å². The minimum Gasteiger partial charge on any atom is -0.493 e. The van der Waals surface area contributed by atoms with Crippen molar-refractivity contribution in [2.45, 2.75) is 46.7 Å². The number of benzene rings is 1.